The van der Waals surface area contributed by atoms with Gasteiger partial charge in [-0.05, 0) is 106 Å². The molecule has 10 rings (SSSR count). The molecule has 16 heteroatoms. The Morgan fingerprint density at radius 3 is 1.61 bits per heavy atom. The maximum Gasteiger partial charge on any atom is 0.414 e. The van der Waals surface area contributed by atoms with Gasteiger partial charge in [-0.3, -0.25) is 14.5 Å². The normalized spacial score (nSPS) is 16.6. The van der Waals surface area contributed by atoms with E-state index in [9.17, 15) is 31.2 Å². The van der Waals surface area contributed by atoms with Crippen LogP contribution in [0.25, 0.3) is 44.3 Å². The van der Waals surface area contributed by atoms with Crippen molar-refractivity contribution in [3.63, 3.8) is 0 Å². The third-order valence-corrected chi connectivity index (χ3v) is 14.9. The van der Waals surface area contributed by atoms with Crippen LogP contribution in [0.5, 0.6) is 0 Å². The Morgan fingerprint density at radius 1 is 0.609 bits per heavy atom. The molecule has 2 aliphatic heterocycles. The molecule has 14 nitrogen and oxygen atoms in total. The number of carbonyl (C=O) groups excluding carboxylic acids is 3. The fourth-order valence-corrected chi connectivity index (χ4v) is 11.9. The van der Waals surface area contributed by atoms with E-state index < -0.39 is 43.6 Å². The lowest BCUT2D eigenvalue weighted by molar-refractivity contribution is 0.0579. The van der Waals surface area contributed by atoms with Crippen LogP contribution >= 0.6 is 0 Å². The molecule has 3 amide bonds. The van der Waals surface area contributed by atoms with Gasteiger partial charge in [-0.15, -0.1) is 0 Å². The Labute approximate surface area is 404 Å². The van der Waals surface area contributed by atoms with Gasteiger partial charge in [-0.25, -0.2) is 31.1 Å². The summed E-state index contributed by atoms with van der Waals surface area (Å²) in [5.74, 6) is -0.395. The van der Waals surface area contributed by atoms with Crippen molar-refractivity contribution in [1.29, 1.82) is 0 Å². The number of nitrogens with one attached hydrogen (secondary N) is 3. The summed E-state index contributed by atoms with van der Waals surface area (Å²) in [6, 6.07) is 27.4. The second-order valence-electron chi connectivity index (χ2n) is 20.0. The lowest BCUT2D eigenvalue weighted by atomic mass is 9.81. The minimum absolute atomic E-state index is 0.278. The molecule has 3 N–H and O–H groups in total. The van der Waals surface area contributed by atoms with E-state index in [4.69, 9.17) is 4.74 Å². The first-order valence-corrected chi connectivity index (χ1v) is 27.9. The number of ether oxygens (including phenoxy) is 1. The molecule has 0 atom stereocenters. The number of carbonyl (C=O) groups is 3. The zero-order chi connectivity index (χ0) is 48.8. The highest BCUT2D eigenvalue weighted by Gasteiger charge is 2.34. The van der Waals surface area contributed by atoms with Crippen LogP contribution < -0.4 is 19.7 Å². The fourth-order valence-electron chi connectivity index (χ4n) is 11.0. The van der Waals surface area contributed by atoms with Crippen molar-refractivity contribution >= 4 is 71.1 Å². The van der Waals surface area contributed by atoms with Crippen LogP contribution in [-0.4, -0.2) is 75.1 Å². The second kappa shape index (κ2) is 19.0. The van der Waals surface area contributed by atoms with Gasteiger partial charge in [0.15, 0.2) is 0 Å². The first kappa shape index (κ1) is 47.9. The average molecular weight is 975 g/mol. The van der Waals surface area contributed by atoms with Gasteiger partial charge in [0.1, 0.15) is 5.60 Å². The summed E-state index contributed by atoms with van der Waals surface area (Å²) in [4.78, 5) is 40.3. The van der Waals surface area contributed by atoms with Gasteiger partial charge in [0.25, 0.3) is 11.8 Å². The molecule has 4 aromatic carbocycles. The van der Waals surface area contributed by atoms with E-state index in [2.05, 4.69) is 48.2 Å². The summed E-state index contributed by atoms with van der Waals surface area (Å²) < 4.78 is 61.0. The number of amides is 3. The van der Waals surface area contributed by atoms with Gasteiger partial charge < -0.3 is 19.2 Å². The molecule has 364 valence electrons. The maximum atomic E-state index is 13.3. The van der Waals surface area contributed by atoms with E-state index in [1.165, 1.54) is 66.3 Å². The number of nitrogens with zero attached hydrogens (tertiary/aromatic N) is 3. The molecular weight excluding hydrogens is 913 g/mol. The highest BCUT2D eigenvalue weighted by molar-refractivity contribution is 7.89. The van der Waals surface area contributed by atoms with E-state index in [0.29, 0.717) is 30.5 Å². The topological polar surface area (TPSA) is 178 Å². The van der Waals surface area contributed by atoms with Crippen molar-refractivity contribution in [2.45, 2.75) is 116 Å². The smallest absolute Gasteiger partial charge is 0.414 e. The largest absolute Gasteiger partial charge is 0.443 e. The van der Waals surface area contributed by atoms with Crippen LogP contribution in [-0.2, 0) is 37.9 Å². The summed E-state index contributed by atoms with van der Waals surface area (Å²) in [6.45, 7) is 8.04. The van der Waals surface area contributed by atoms with Gasteiger partial charge in [-0.2, -0.15) is 0 Å². The number of hydrogen-bond acceptors (Lipinski definition) is 9. The van der Waals surface area contributed by atoms with Gasteiger partial charge >= 0.3 is 6.09 Å². The molecule has 0 saturated heterocycles. The van der Waals surface area contributed by atoms with Crippen molar-refractivity contribution in [3.8, 4) is 22.5 Å². The highest BCUT2D eigenvalue weighted by Crippen LogP contribution is 2.49. The number of para-hydroxylation sites is 2. The molecule has 0 unspecified atom stereocenters. The summed E-state index contributed by atoms with van der Waals surface area (Å²) >= 11 is 0. The number of rotatable bonds is 6. The van der Waals surface area contributed by atoms with Gasteiger partial charge in [0, 0.05) is 75.9 Å². The molecule has 0 radical (unpaired) electrons. The van der Waals surface area contributed by atoms with Gasteiger partial charge in [0.05, 0.1) is 29.6 Å². The third-order valence-electron chi connectivity index (χ3n) is 13.8. The molecule has 2 aromatic heterocycles. The predicted octanol–water partition coefficient (Wildman–Crippen LogP) is 10.3. The molecule has 4 heterocycles. The van der Waals surface area contributed by atoms with Crippen molar-refractivity contribution in [3.05, 3.63) is 107 Å². The number of benzene rings is 4. The molecule has 2 fully saturated rings. The fraction of sp³-hybridized carbons (Fsp3) is 0.415. The third kappa shape index (κ3) is 10.1. The summed E-state index contributed by atoms with van der Waals surface area (Å²) in [6.07, 6.45) is 13.4. The Morgan fingerprint density at radius 2 is 1.09 bits per heavy atom. The van der Waals surface area contributed by atoms with Crippen molar-refractivity contribution in [2.75, 3.05) is 35.8 Å². The first-order chi connectivity index (χ1) is 32.8. The number of anilines is 2. The Bertz CT molecular complexity index is 3210. The molecule has 0 bridgehead atoms. The first-order valence-electron chi connectivity index (χ1n) is 24.1. The van der Waals surface area contributed by atoms with E-state index >= 15 is 0 Å². The molecule has 2 aliphatic carbocycles. The average Bonchev–Trinajstić information content (AvgIpc) is 3.64. The molecular formula is C53H62N6O8S2. The Balaban J connectivity index is 0.000000175. The number of fused-ring (bicyclic) bond motifs is 10. The van der Waals surface area contributed by atoms with E-state index in [1.54, 1.807) is 23.1 Å². The number of sulfonamides is 2. The van der Waals surface area contributed by atoms with Gasteiger partial charge in [0.2, 0.25) is 20.0 Å². The predicted molar refractivity (Wildman–Crippen MR) is 273 cm³/mol. The minimum atomic E-state index is -3.70. The van der Waals surface area contributed by atoms with Gasteiger partial charge in [-0.1, -0.05) is 87.1 Å². The van der Waals surface area contributed by atoms with Crippen LogP contribution in [0.2, 0.25) is 0 Å². The van der Waals surface area contributed by atoms with Crippen LogP contribution in [0.15, 0.2) is 84.9 Å². The van der Waals surface area contributed by atoms with Crippen LogP contribution in [0, 0.1) is 0 Å². The van der Waals surface area contributed by atoms with Crippen molar-refractivity contribution in [1.82, 2.24) is 18.6 Å². The highest BCUT2D eigenvalue weighted by atomic mass is 32.2. The van der Waals surface area contributed by atoms with Crippen LogP contribution in [0.1, 0.15) is 129 Å². The lowest BCUT2D eigenvalue weighted by Gasteiger charge is -2.28. The zero-order valence-corrected chi connectivity index (χ0v) is 41.7. The quantitative estimate of drug-likeness (QED) is 0.147. The molecule has 2 saturated carbocycles. The standard InChI is InChI=1S/C29H35N3O5S.C24H27N3O3S/c1-29(2,3)37-28(34)32-17-16-31-24-18-20(27(33)30-38(4,35)36)14-15-21(24)25(19-10-6-5-7-11-19)26(31)22-12-8-9-13-23(22)32;1-31(29,30)26-24(28)17-11-12-19-21(15-17)27-14-13-25-20-10-6-5-9-18(20)23(27)22(19)16-7-3-2-4-8-16/h8-9,12-15,18-19H,5-7,10-11,16-17H2,1-4H3,(H,30,33);5-6,9-12,15-16,25H,2-4,7-8,13-14H2,1H3,(H,26,28). The van der Waals surface area contributed by atoms with Crippen molar-refractivity contribution in [2.24, 2.45) is 0 Å². The van der Waals surface area contributed by atoms with Crippen LogP contribution in [0.4, 0.5) is 16.2 Å². The van der Waals surface area contributed by atoms with E-state index in [1.807, 2.05) is 63.2 Å². The molecule has 0 spiro atoms. The zero-order valence-electron chi connectivity index (χ0n) is 40.1. The molecule has 4 aliphatic rings. The maximum absolute atomic E-state index is 13.3. The molecule has 69 heavy (non-hydrogen) atoms. The lowest BCUT2D eigenvalue weighted by Crippen LogP contribution is -2.38. The Kier molecular flexibility index (Phi) is 13.2. The SMILES string of the molecule is CC(C)(C)OC(=O)N1CCn2c(c(C3CCCCC3)c3ccc(C(=O)NS(C)(=O)=O)cc32)-c2ccccc21.CS(=O)(=O)NC(=O)c1ccc2c(C3CCCCC3)c3n(c2c1)CCNc1ccccc1-3. The summed E-state index contributed by atoms with van der Waals surface area (Å²) in [5.41, 5.74) is 10.9. The minimum Gasteiger partial charge on any atom is -0.443 e. The summed E-state index contributed by atoms with van der Waals surface area (Å²) in [7, 11) is -7.31. The van der Waals surface area contributed by atoms with E-state index in [-0.39, 0.29) is 5.56 Å². The number of hydrogen-bond donors (Lipinski definition) is 3. The van der Waals surface area contributed by atoms with E-state index in [0.717, 1.165) is 90.3 Å². The monoisotopic (exact) mass is 974 g/mol. The van der Waals surface area contributed by atoms with Crippen molar-refractivity contribution < 1.29 is 36.0 Å². The summed E-state index contributed by atoms with van der Waals surface area (Å²) in [5, 5.41) is 5.79. The Hall–Kier alpha value is -6.13. The number of aromatic nitrogens is 2. The molecule has 6 aromatic rings. The van der Waals surface area contributed by atoms with Crippen LogP contribution in [0.3, 0.4) is 0 Å². The second-order valence-corrected chi connectivity index (χ2v) is 23.5.